The number of amides is 1. The van der Waals surface area contributed by atoms with Crippen LogP contribution in [-0.4, -0.2) is 21.4 Å². The molecule has 17 heavy (non-hydrogen) atoms. The number of carbonyl (C=O) groups is 1. The minimum Gasteiger partial charge on any atom is -0.317 e. The molecule has 0 aromatic carbocycles. The Morgan fingerprint density at radius 2 is 1.88 bits per heavy atom. The van der Waals surface area contributed by atoms with Crippen molar-refractivity contribution < 1.29 is 4.79 Å². The molecule has 2 rings (SSSR count). The van der Waals surface area contributed by atoms with E-state index >= 15 is 0 Å². The monoisotopic (exact) mass is 234 g/mol. The maximum Gasteiger partial charge on any atom is 0.246 e. The number of aromatic nitrogens is 2. The normalized spacial score (nSPS) is 18.7. The van der Waals surface area contributed by atoms with Crippen LogP contribution in [0.4, 0.5) is 5.95 Å². The zero-order valence-electron chi connectivity index (χ0n) is 10.1. The van der Waals surface area contributed by atoms with Crippen molar-refractivity contribution in [2.24, 2.45) is 5.73 Å². The Labute approximate surface area is 101 Å². The molecule has 0 saturated heterocycles. The van der Waals surface area contributed by atoms with Crippen LogP contribution in [0, 0.1) is 6.92 Å². The Hall–Kier alpha value is -1.49. The van der Waals surface area contributed by atoms with E-state index in [0.717, 1.165) is 37.7 Å². The van der Waals surface area contributed by atoms with Crippen LogP contribution in [0.2, 0.25) is 0 Å². The van der Waals surface area contributed by atoms with E-state index in [1.54, 1.807) is 12.4 Å². The molecule has 0 spiro atoms. The van der Waals surface area contributed by atoms with Crippen molar-refractivity contribution >= 4 is 11.9 Å². The summed E-state index contributed by atoms with van der Waals surface area (Å²) >= 11 is 0. The van der Waals surface area contributed by atoms with Gasteiger partial charge in [-0.25, -0.2) is 9.97 Å². The lowest BCUT2D eigenvalue weighted by molar-refractivity contribution is -0.122. The Bertz CT molecular complexity index is 395. The molecule has 1 aromatic heterocycles. The van der Waals surface area contributed by atoms with E-state index in [0.29, 0.717) is 5.95 Å². The first-order chi connectivity index (χ1) is 8.10. The van der Waals surface area contributed by atoms with Gasteiger partial charge in [0, 0.05) is 12.4 Å². The molecule has 0 atom stereocenters. The second kappa shape index (κ2) is 4.79. The molecule has 1 heterocycles. The van der Waals surface area contributed by atoms with Crippen molar-refractivity contribution in [2.45, 2.75) is 44.6 Å². The van der Waals surface area contributed by atoms with E-state index in [1.807, 2.05) is 6.92 Å². The minimum atomic E-state index is -0.744. The largest absolute Gasteiger partial charge is 0.317 e. The highest BCUT2D eigenvalue weighted by atomic mass is 16.2. The number of aryl methyl sites for hydroxylation is 1. The van der Waals surface area contributed by atoms with Crippen molar-refractivity contribution in [3.8, 4) is 0 Å². The van der Waals surface area contributed by atoms with Gasteiger partial charge in [0.05, 0.1) is 5.54 Å². The van der Waals surface area contributed by atoms with Crippen LogP contribution >= 0.6 is 0 Å². The average Bonchev–Trinajstić information content (AvgIpc) is 2.33. The zero-order valence-corrected chi connectivity index (χ0v) is 10.1. The molecular weight excluding hydrogens is 216 g/mol. The van der Waals surface area contributed by atoms with Gasteiger partial charge in [0.1, 0.15) is 0 Å². The first kappa shape index (κ1) is 12.0. The summed E-state index contributed by atoms with van der Waals surface area (Å²) in [6, 6.07) is 0. The Morgan fingerprint density at radius 1 is 1.29 bits per heavy atom. The number of hydrogen-bond donors (Lipinski definition) is 2. The van der Waals surface area contributed by atoms with Crippen LogP contribution in [0.5, 0.6) is 0 Å². The number of rotatable bonds is 2. The molecule has 0 aliphatic heterocycles. The lowest BCUT2D eigenvalue weighted by Crippen LogP contribution is -2.52. The smallest absolute Gasteiger partial charge is 0.246 e. The lowest BCUT2D eigenvalue weighted by Gasteiger charge is -2.31. The average molecular weight is 234 g/mol. The summed E-state index contributed by atoms with van der Waals surface area (Å²) < 4.78 is 0. The molecular formula is C12H18N4O. The molecule has 1 aromatic rings. The molecule has 5 heteroatoms. The van der Waals surface area contributed by atoms with Gasteiger partial charge >= 0.3 is 0 Å². The van der Waals surface area contributed by atoms with E-state index in [4.69, 9.17) is 5.73 Å². The van der Waals surface area contributed by atoms with Gasteiger partial charge in [0.2, 0.25) is 11.9 Å². The highest BCUT2D eigenvalue weighted by Gasteiger charge is 2.35. The third kappa shape index (κ3) is 2.79. The van der Waals surface area contributed by atoms with Gasteiger partial charge in [-0.05, 0) is 25.3 Å². The molecule has 3 N–H and O–H groups in total. The fourth-order valence-corrected chi connectivity index (χ4v) is 2.09. The molecule has 1 amide bonds. The third-order valence-electron chi connectivity index (χ3n) is 3.20. The van der Waals surface area contributed by atoms with Crippen LogP contribution < -0.4 is 11.1 Å². The van der Waals surface area contributed by atoms with Crippen LogP contribution in [-0.2, 0) is 4.79 Å². The molecule has 0 unspecified atom stereocenters. The molecule has 1 aliphatic carbocycles. The van der Waals surface area contributed by atoms with E-state index in [2.05, 4.69) is 15.3 Å². The van der Waals surface area contributed by atoms with Gasteiger partial charge in [0.15, 0.2) is 0 Å². The predicted molar refractivity (Wildman–Crippen MR) is 65.4 cm³/mol. The molecule has 92 valence electrons. The van der Waals surface area contributed by atoms with Gasteiger partial charge in [-0.1, -0.05) is 19.3 Å². The van der Waals surface area contributed by atoms with Crippen molar-refractivity contribution in [1.82, 2.24) is 9.97 Å². The highest BCUT2D eigenvalue weighted by Crippen LogP contribution is 2.26. The third-order valence-corrected chi connectivity index (χ3v) is 3.20. The summed E-state index contributed by atoms with van der Waals surface area (Å²) in [5, 5.41) is 2.69. The summed E-state index contributed by atoms with van der Waals surface area (Å²) in [5.41, 5.74) is 6.33. The molecule has 1 saturated carbocycles. The van der Waals surface area contributed by atoms with Crippen LogP contribution in [0.25, 0.3) is 0 Å². The number of nitrogens with one attached hydrogen (secondary N) is 1. The summed E-state index contributed by atoms with van der Waals surface area (Å²) in [6.45, 7) is 1.90. The summed E-state index contributed by atoms with van der Waals surface area (Å²) in [6.07, 6.45) is 8.01. The number of carbonyl (C=O) groups excluding carboxylic acids is 1. The van der Waals surface area contributed by atoms with Crippen molar-refractivity contribution in [1.29, 1.82) is 0 Å². The quantitative estimate of drug-likeness (QED) is 0.810. The topological polar surface area (TPSA) is 80.9 Å². The van der Waals surface area contributed by atoms with Gasteiger partial charge < -0.3 is 5.73 Å². The van der Waals surface area contributed by atoms with Gasteiger partial charge in [0.25, 0.3) is 0 Å². The predicted octanol–water partition coefficient (Wildman–Crippen LogP) is 1.39. The van der Waals surface area contributed by atoms with Crippen LogP contribution in [0.1, 0.15) is 37.7 Å². The number of anilines is 1. The van der Waals surface area contributed by atoms with E-state index in [9.17, 15) is 4.79 Å². The molecule has 5 nitrogen and oxygen atoms in total. The van der Waals surface area contributed by atoms with Crippen molar-refractivity contribution in [3.63, 3.8) is 0 Å². The fourth-order valence-electron chi connectivity index (χ4n) is 2.09. The van der Waals surface area contributed by atoms with Crippen molar-refractivity contribution in [2.75, 3.05) is 5.32 Å². The molecule has 0 radical (unpaired) electrons. The number of hydrogen-bond acceptors (Lipinski definition) is 4. The summed E-state index contributed by atoms with van der Waals surface area (Å²) in [5.74, 6) is 0.164. The zero-order chi connectivity index (χ0) is 12.3. The minimum absolute atomic E-state index is 0.166. The Kier molecular flexibility index (Phi) is 3.38. The number of nitrogens with two attached hydrogens (primary N) is 1. The highest BCUT2D eigenvalue weighted by molar-refractivity contribution is 5.96. The van der Waals surface area contributed by atoms with Gasteiger partial charge in [-0.15, -0.1) is 0 Å². The second-order valence-corrected chi connectivity index (χ2v) is 4.75. The fraction of sp³-hybridized carbons (Fsp3) is 0.583. The maximum absolute atomic E-state index is 12.1. The maximum atomic E-state index is 12.1. The summed E-state index contributed by atoms with van der Waals surface area (Å²) in [4.78, 5) is 20.1. The van der Waals surface area contributed by atoms with E-state index < -0.39 is 5.54 Å². The van der Waals surface area contributed by atoms with Gasteiger partial charge in [-0.2, -0.15) is 0 Å². The first-order valence-corrected chi connectivity index (χ1v) is 5.99. The Morgan fingerprint density at radius 3 is 2.47 bits per heavy atom. The van der Waals surface area contributed by atoms with Gasteiger partial charge in [-0.3, -0.25) is 10.1 Å². The molecule has 1 aliphatic rings. The van der Waals surface area contributed by atoms with Crippen LogP contribution in [0.3, 0.4) is 0 Å². The van der Waals surface area contributed by atoms with Crippen LogP contribution in [0.15, 0.2) is 12.4 Å². The lowest BCUT2D eigenvalue weighted by atomic mass is 9.82. The van der Waals surface area contributed by atoms with E-state index in [-0.39, 0.29) is 5.91 Å². The van der Waals surface area contributed by atoms with E-state index in [1.165, 1.54) is 0 Å². The molecule has 1 fully saturated rings. The van der Waals surface area contributed by atoms with Crippen molar-refractivity contribution in [3.05, 3.63) is 18.0 Å². The summed E-state index contributed by atoms with van der Waals surface area (Å²) in [7, 11) is 0. The Balaban J connectivity index is 2.03. The first-order valence-electron chi connectivity index (χ1n) is 5.99. The molecule has 0 bridgehead atoms. The standard InChI is InChI=1S/C12H18N4O/c1-9-7-14-11(15-8-9)16-10(17)12(13)5-3-2-4-6-12/h7-8H,2-6,13H2,1H3,(H,14,15,16,17). The SMILES string of the molecule is Cc1cnc(NC(=O)C2(N)CCCCC2)nc1. The number of nitrogens with zero attached hydrogens (tertiary/aromatic N) is 2. The second-order valence-electron chi connectivity index (χ2n) is 4.75.